The molecule has 3 N–H and O–H groups in total. The van der Waals surface area contributed by atoms with Gasteiger partial charge in [-0.2, -0.15) is 0 Å². The first kappa shape index (κ1) is 16.8. The Labute approximate surface area is 132 Å². The summed E-state index contributed by atoms with van der Waals surface area (Å²) < 4.78 is 5.59. The lowest BCUT2D eigenvalue weighted by molar-refractivity contribution is -0.152. The summed E-state index contributed by atoms with van der Waals surface area (Å²) in [6.45, 7) is 3.09. The second-order valence-corrected chi connectivity index (χ2v) is 6.84. The molecule has 4 nitrogen and oxygen atoms in total. The third-order valence-corrected chi connectivity index (χ3v) is 4.49. The summed E-state index contributed by atoms with van der Waals surface area (Å²) >= 11 is 0. The number of nitrogens with two attached hydrogens (primary N) is 1. The van der Waals surface area contributed by atoms with Gasteiger partial charge in [0.15, 0.2) is 5.60 Å². The van der Waals surface area contributed by atoms with Gasteiger partial charge in [-0.05, 0) is 43.9 Å². The fourth-order valence-corrected chi connectivity index (χ4v) is 3.06. The molecule has 122 valence electrons. The molecule has 0 bridgehead atoms. The van der Waals surface area contributed by atoms with Crippen molar-refractivity contribution in [1.82, 2.24) is 0 Å². The standard InChI is InChI=1S/C18H27NO3/c1-18(2,17(20)21)22-15-10-6-9-14(12-15)16(19)11-13-7-4-3-5-8-13/h6,9-10,12-13,16H,3-5,7-8,11,19H2,1-2H3,(H,20,21). The van der Waals surface area contributed by atoms with E-state index in [2.05, 4.69) is 0 Å². The molecular formula is C18H27NO3. The molecule has 1 aromatic carbocycles. The van der Waals surface area contributed by atoms with Crippen molar-refractivity contribution < 1.29 is 14.6 Å². The summed E-state index contributed by atoms with van der Waals surface area (Å²) in [5.74, 6) is 0.289. The zero-order valence-corrected chi connectivity index (χ0v) is 13.5. The molecule has 0 heterocycles. The summed E-state index contributed by atoms with van der Waals surface area (Å²) in [5.41, 5.74) is 6.12. The first-order chi connectivity index (χ1) is 10.4. The summed E-state index contributed by atoms with van der Waals surface area (Å²) in [6, 6.07) is 7.51. The molecule has 1 aromatic rings. The molecule has 0 aliphatic heterocycles. The Morgan fingerprint density at radius 1 is 1.36 bits per heavy atom. The lowest BCUT2D eigenvalue weighted by atomic mass is 9.83. The molecule has 2 rings (SSSR count). The lowest BCUT2D eigenvalue weighted by Crippen LogP contribution is -2.37. The van der Waals surface area contributed by atoms with Gasteiger partial charge in [-0.1, -0.05) is 44.2 Å². The quantitative estimate of drug-likeness (QED) is 0.836. The number of rotatable bonds is 6. The molecule has 0 aromatic heterocycles. The van der Waals surface area contributed by atoms with E-state index < -0.39 is 11.6 Å². The molecule has 1 aliphatic carbocycles. The van der Waals surface area contributed by atoms with E-state index >= 15 is 0 Å². The van der Waals surface area contributed by atoms with Crippen LogP contribution in [0.1, 0.15) is 64.0 Å². The van der Waals surface area contributed by atoms with Crippen LogP contribution in [0.15, 0.2) is 24.3 Å². The van der Waals surface area contributed by atoms with Crippen molar-refractivity contribution in [3.63, 3.8) is 0 Å². The highest BCUT2D eigenvalue weighted by Crippen LogP contribution is 2.32. The van der Waals surface area contributed by atoms with E-state index in [0.29, 0.717) is 11.7 Å². The molecule has 1 aliphatic rings. The Bertz CT molecular complexity index is 507. The smallest absolute Gasteiger partial charge is 0.347 e. The van der Waals surface area contributed by atoms with Crippen LogP contribution in [-0.2, 0) is 4.79 Å². The summed E-state index contributed by atoms with van der Waals surface area (Å²) in [7, 11) is 0. The molecule has 1 atom stereocenters. The fourth-order valence-electron chi connectivity index (χ4n) is 3.06. The number of aliphatic carboxylic acids is 1. The van der Waals surface area contributed by atoms with Gasteiger partial charge in [0.1, 0.15) is 5.75 Å². The van der Waals surface area contributed by atoms with E-state index in [1.807, 2.05) is 18.2 Å². The molecular weight excluding hydrogens is 278 g/mol. The maximum atomic E-state index is 11.2. The van der Waals surface area contributed by atoms with E-state index in [4.69, 9.17) is 15.6 Å². The minimum absolute atomic E-state index is 0.0143. The van der Waals surface area contributed by atoms with Crippen molar-refractivity contribution in [1.29, 1.82) is 0 Å². The zero-order valence-electron chi connectivity index (χ0n) is 13.5. The number of hydrogen-bond donors (Lipinski definition) is 2. The van der Waals surface area contributed by atoms with Crippen molar-refractivity contribution in [2.45, 2.75) is 64.0 Å². The van der Waals surface area contributed by atoms with Crippen LogP contribution in [0.2, 0.25) is 0 Å². The van der Waals surface area contributed by atoms with Crippen molar-refractivity contribution in [2.24, 2.45) is 11.7 Å². The molecule has 0 amide bonds. The van der Waals surface area contributed by atoms with Crippen molar-refractivity contribution in [3.05, 3.63) is 29.8 Å². The van der Waals surface area contributed by atoms with Crippen LogP contribution in [0.3, 0.4) is 0 Å². The monoisotopic (exact) mass is 305 g/mol. The Kier molecular flexibility index (Phi) is 5.46. The second-order valence-electron chi connectivity index (χ2n) is 6.84. The maximum absolute atomic E-state index is 11.2. The highest BCUT2D eigenvalue weighted by atomic mass is 16.5. The van der Waals surface area contributed by atoms with Crippen molar-refractivity contribution >= 4 is 5.97 Å². The van der Waals surface area contributed by atoms with E-state index in [9.17, 15) is 4.79 Å². The average Bonchev–Trinajstić information content (AvgIpc) is 2.48. The lowest BCUT2D eigenvalue weighted by Gasteiger charge is -2.25. The summed E-state index contributed by atoms with van der Waals surface area (Å²) in [5, 5.41) is 9.15. The van der Waals surface area contributed by atoms with Gasteiger partial charge in [-0.15, -0.1) is 0 Å². The molecule has 0 spiro atoms. The Hall–Kier alpha value is -1.55. The maximum Gasteiger partial charge on any atom is 0.347 e. The first-order valence-corrected chi connectivity index (χ1v) is 8.16. The SMILES string of the molecule is CC(C)(Oc1cccc(C(N)CC2CCCCC2)c1)C(=O)O. The van der Waals surface area contributed by atoms with Crippen LogP contribution < -0.4 is 10.5 Å². The number of carboxylic acid groups (broad SMARTS) is 1. The van der Waals surface area contributed by atoms with Gasteiger partial charge in [0, 0.05) is 6.04 Å². The number of carboxylic acids is 1. The first-order valence-electron chi connectivity index (χ1n) is 8.16. The molecule has 0 saturated heterocycles. The second kappa shape index (κ2) is 7.14. The third kappa shape index (κ3) is 4.47. The van der Waals surface area contributed by atoms with Crippen LogP contribution in [-0.4, -0.2) is 16.7 Å². The molecule has 4 heteroatoms. The minimum Gasteiger partial charge on any atom is -0.478 e. The Morgan fingerprint density at radius 3 is 2.68 bits per heavy atom. The Morgan fingerprint density at radius 2 is 2.05 bits per heavy atom. The van der Waals surface area contributed by atoms with Crippen LogP contribution in [0.4, 0.5) is 0 Å². The summed E-state index contributed by atoms with van der Waals surface area (Å²) in [6.07, 6.45) is 7.51. The van der Waals surface area contributed by atoms with Crippen LogP contribution >= 0.6 is 0 Å². The van der Waals surface area contributed by atoms with E-state index in [-0.39, 0.29) is 6.04 Å². The average molecular weight is 305 g/mol. The van der Waals surface area contributed by atoms with Gasteiger partial charge in [-0.25, -0.2) is 4.79 Å². The number of hydrogen-bond acceptors (Lipinski definition) is 3. The van der Waals surface area contributed by atoms with Gasteiger partial charge < -0.3 is 15.6 Å². The molecule has 0 radical (unpaired) electrons. The third-order valence-electron chi connectivity index (χ3n) is 4.49. The summed E-state index contributed by atoms with van der Waals surface area (Å²) in [4.78, 5) is 11.2. The van der Waals surface area contributed by atoms with Gasteiger partial charge >= 0.3 is 5.97 Å². The van der Waals surface area contributed by atoms with Crippen LogP contribution in [0.25, 0.3) is 0 Å². The highest BCUT2D eigenvalue weighted by molar-refractivity contribution is 5.76. The van der Waals surface area contributed by atoms with Crippen LogP contribution in [0, 0.1) is 5.92 Å². The predicted octanol–water partition coefficient (Wildman–Crippen LogP) is 3.90. The molecule has 1 unspecified atom stereocenters. The van der Waals surface area contributed by atoms with Gasteiger partial charge in [0.2, 0.25) is 0 Å². The van der Waals surface area contributed by atoms with Gasteiger partial charge in [0.05, 0.1) is 0 Å². The van der Waals surface area contributed by atoms with Gasteiger partial charge in [0.25, 0.3) is 0 Å². The number of benzene rings is 1. The van der Waals surface area contributed by atoms with E-state index in [0.717, 1.165) is 12.0 Å². The van der Waals surface area contributed by atoms with Crippen LogP contribution in [0.5, 0.6) is 5.75 Å². The normalized spacial score (nSPS) is 18.0. The Balaban J connectivity index is 2.02. The van der Waals surface area contributed by atoms with Crippen molar-refractivity contribution in [2.75, 3.05) is 0 Å². The minimum atomic E-state index is -1.24. The zero-order chi connectivity index (χ0) is 16.2. The van der Waals surface area contributed by atoms with E-state index in [1.54, 1.807) is 19.9 Å². The highest BCUT2D eigenvalue weighted by Gasteiger charge is 2.29. The fraction of sp³-hybridized carbons (Fsp3) is 0.611. The molecule has 1 fully saturated rings. The number of ether oxygens (including phenoxy) is 1. The van der Waals surface area contributed by atoms with Crippen molar-refractivity contribution in [3.8, 4) is 5.75 Å². The van der Waals surface area contributed by atoms with E-state index in [1.165, 1.54) is 32.1 Å². The van der Waals surface area contributed by atoms with Gasteiger partial charge in [-0.3, -0.25) is 0 Å². The predicted molar refractivity (Wildman–Crippen MR) is 86.9 cm³/mol. The molecule has 22 heavy (non-hydrogen) atoms. The number of carbonyl (C=O) groups is 1. The topological polar surface area (TPSA) is 72.5 Å². The largest absolute Gasteiger partial charge is 0.478 e. The molecule has 1 saturated carbocycles.